The van der Waals surface area contributed by atoms with Crippen molar-refractivity contribution in [3.05, 3.63) is 45.7 Å². The van der Waals surface area contributed by atoms with Crippen LogP contribution in [-0.4, -0.2) is 16.5 Å². The van der Waals surface area contributed by atoms with E-state index in [0.29, 0.717) is 15.9 Å². The summed E-state index contributed by atoms with van der Waals surface area (Å²) in [7, 11) is 0. The van der Waals surface area contributed by atoms with Gasteiger partial charge in [-0.05, 0) is 31.5 Å². The van der Waals surface area contributed by atoms with E-state index in [2.05, 4.69) is 12.2 Å². The molecule has 5 heteroatoms. The first kappa shape index (κ1) is 15.6. The van der Waals surface area contributed by atoms with Gasteiger partial charge in [-0.15, -0.1) is 0 Å². The van der Waals surface area contributed by atoms with Crippen molar-refractivity contribution >= 4 is 28.4 Å². The fraction of sp³-hybridized carbons (Fsp3) is 0.375. The molecule has 2 rings (SSSR count). The molecule has 0 saturated carbocycles. The van der Waals surface area contributed by atoms with Gasteiger partial charge in [0.05, 0.1) is 5.52 Å². The maximum absolute atomic E-state index is 12.1. The van der Waals surface area contributed by atoms with Crippen LogP contribution in [0.1, 0.15) is 26.7 Å². The molecule has 0 saturated heterocycles. The van der Waals surface area contributed by atoms with Gasteiger partial charge < -0.3 is 9.88 Å². The third-order valence-electron chi connectivity index (χ3n) is 3.38. The summed E-state index contributed by atoms with van der Waals surface area (Å²) in [6.45, 7) is 4.26. The lowest BCUT2D eigenvalue weighted by Gasteiger charge is -2.15. The van der Waals surface area contributed by atoms with Crippen molar-refractivity contribution in [1.29, 1.82) is 0 Å². The zero-order chi connectivity index (χ0) is 15.4. The number of hydrogen-bond donors (Lipinski definition) is 1. The Labute approximate surface area is 128 Å². The Balaban J connectivity index is 2.25. The molecule has 0 fully saturated rings. The van der Waals surface area contributed by atoms with Crippen molar-refractivity contribution in [1.82, 2.24) is 9.88 Å². The van der Waals surface area contributed by atoms with E-state index in [0.717, 1.165) is 12.8 Å². The summed E-state index contributed by atoms with van der Waals surface area (Å²) in [5.74, 6) is -0.0594. The molecule has 1 amide bonds. The molecule has 4 nitrogen and oxygen atoms in total. The summed E-state index contributed by atoms with van der Waals surface area (Å²) in [5.41, 5.74) is 0.619. The van der Waals surface area contributed by atoms with Crippen LogP contribution in [0, 0.1) is 0 Å². The van der Waals surface area contributed by atoms with Gasteiger partial charge in [0.25, 0.3) is 0 Å². The molecule has 0 bridgehead atoms. The maximum atomic E-state index is 12.1. The van der Waals surface area contributed by atoms with Crippen LogP contribution in [0.25, 0.3) is 10.9 Å². The SMILES string of the molecule is CCCC(C)NC(=O)Cn1ccc(=O)c2cc(Cl)ccc21. The van der Waals surface area contributed by atoms with Crippen LogP contribution in [0.4, 0.5) is 0 Å². The van der Waals surface area contributed by atoms with Crippen LogP contribution in [-0.2, 0) is 11.3 Å². The summed E-state index contributed by atoms with van der Waals surface area (Å²) in [5, 5.41) is 4.00. The van der Waals surface area contributed by atoms with Crippen molar-refractivity contribution in [2.75, 3.05) is 0 Å². The first-order valence-electron chi connectivity index (χ1n) is 7.09. The molecular weight excluding hydrogens is 288 g/mol. The summed E-state index contributed by atoms with van der Waals surface area (Å²) in [6, 6.07) is 6.73. The van der Waals surface area contributed by atoms with Crippen molar-refractivity contribution < 1.29 is 4.79 Å². The largest absolute Gasteiger partial charge is 0.352 e. The molecule has 1 N–H and O–H groups in total. The minimum Gasteiger partial charge on any atom is -0.352 e. The highest BCUT2D eigenvalue weighted by Crippen LogP contribution is 2.16. The fourth-order valence-electron chi connectivity index (χ4n) is 2.40. The second kappa shape index (κ2) is 6.76. The topological polar surface area (TPSA) is 51.1 Å². The molecule has 1 aromatic carbocycles. The third-order valence-corrected chi connectivity index (χ3v) is 3.62. The molecule has 112 valence electrons. The Kier molecular flexibility index (Phi) is 5.02. The van der Waals surface area contributed by atoms with E-state index in [-0.39, 0.29) is 23.9 Å². The second-order valence-corrected chi connectivity index (χ2v) is 5.66. The standard InChI is InChI=1S/C16H19ClN2O2/c1-3-4-11(2)18-16(21)10-19-8-7-15(20)13-9-12(17)5-6-14(13)19/h5-9,11H,3-4,10H2,1-2H3,(H,18,21). The summed E-state index contributed by atoms with van der Waals surface area (Å²) in [4.78, 5) is 23.9. The average molecular weight is 307 g/mol. The zero-order valence-electron chi connectivity index (χ0n) is 12.2. The van der Waals surface area contributed by atoms with E-state index in [4.69, 9.17) is 11.6 Å². The molecule has 0 aliphatic carbocycles. The lowest BCUT2D eigenvalue weighted by Crippen LogP contribution is -2.35. The molecule has 2 aromatic rings. The summed E-state index contributed by atoms with van der Waals surface area (Å²) >= 11 is 5.92. The average Bonchev–Trinajstić information content (AvgIpc) is 2.42. The van der Waals surface area contributed by atoms with E-state index < -0.39 is 0 Å². The van der Waals surface area contributed by atoms with Crippen LogP contribution in [0.2, 0.25) is 5.02 Å². The number of nitrogens with zero attached hydrogens (tertiary/aromatic N) is 1. The van der Waals surface area contributed by atoms with Crippen LogP contribution in [0.15, 0.2) is 35.3 Å². The highest BCUT2D eigenvalue weighted by molar-refractivity contribution is 6.31. The number of fused-ring (bicyclic) bond motifs is 1. The highest BCUT2D eigenvalue weighted by Gasteiger charge is 2.09. The van der Waals surface area contributed by atoms with Gasteiger partial charge in [0.1, 0.15) is 6.54 Å². The fourth-order valence-corrected chi connectivity index (χ4v) is 2.57. The molecule has 0 radical (unpaired) electrons. The Hall–Kier alpha value is -1.81. The third kappa shape index (κ3) is 3.85. The number of hydrogen-bond acceptors (Lipinski definition) is 2. The lowest BCUT2D eigenvalue weighted by molar-refractivity contribution is -0.122. The molecule has 0 aliphatic heterocycles. The van der Waals surface area contributed by atoms with E-state index in [1.54, 1.807) is 29.0 Å². The van der Waals surface area contributed by atoms with Gasteiger partial charge in [0.2, 0.25) is 5.91 Å². The highest BCUT2D eigenvalue weighted by atomic mass is 35.5. The van der Waals surface area contributed by atoms with Crippen LogP contribution < -0.4 is 10.7 Å². The van der Waals surface area contributed by atoms with Gasteiger partial charge in [0.15, 0.2) is 5.43 Å². The predicted molar refractivity (Wildman–Crippen MR) is 85.7 cm³/mol. The number of amides is 1. The first-order valence-corrected chi connectivity index (χ1v) is 7.47. The smallest absolute Gasteiger partial charge is 0.240 e. The van der Waals surface area contributed by atoms with Gasteiger partial charge in [-0.25, -0.2) is 0 Å². The van der Waals surface area contributed by atoms with Crippen molar-refractivity contribution in [3.63, 3.8) is 0 Å². The Morgan fingerprint density at radius 2 is 2.14 bits per heavy atom. The van der Waals surface area contributed by atoms with E-state index in [1.807, 2.05) is 6.92 Å². The van der Waals surface area contributed by atoms with Gasteiger partial charge >= 0.3 is 0 Å². The molecule has 1 heterocycles. The second-order valence-electron chi connectivity index (χ2n) is 5.23. The molecule has 1 unspecified atom stereocenters. The number of halogens is 1. The molecule has 0 spiro atoms. The van der Waals surface area contributed by atoms with Gasteiger partial charge in [-0.3, -0.25) is 9.59 Å². The minimum absolute atomic E-state index is 0.0594. The van der Waals surface area contributed by atoms with Crippen LogP contribution in [0.5, 0.6) is 0 Å². The number of aromatic nitrogens is 1. The van der Waals surface area contributed by atoms with Gasteiger partial charge in [-0.1, -0.05) is 24.9 Å². The first-order chi connectivity index (χ1) is 10.0. The summed E-state index contributed by atoms with van der Waals surface area (Å²) < 4.78 is 1.76. The predicted octanol–water partition coefficient (Wildman–Crippen LogP) is 2.96. The molecule has 21 heavy (non-hydrogen) atoms. The van der Waals surface area contributed by atoms with Gasteiger partial charge in [0, 0.05) is 28.7 Å². The van der Waals surface area contributed by atoms with Crippen LogP contribution in [0.3, 0.4) is 0 Å². The maximum Gasteiger partial charge on any atom is 0.240 e. The molecular formula is C16H19ClN2O2. The lowest BCUT2D eigenvalue weighted by atomic mass is 10.2. The number of carbonyl (C=O) groups is 1. The van der Waals surface area contributed by atoms with Crippen LogP contribution >= 0.6 is 11.6 Å². The minimum atomic E-state index is -0.0940. The number of pyridine rings is 1. The van der Waals surface area contributed by atoms with E-state index >= 15 is 0 Å². The number of rotatable bonds is 5. The number of benzene rings is 1. The Morgan fingerprint density at radius 1 is 1.38 bits per heavy atom. The van der Waals surface area contributed by atoms with E-state index in [9.17, 15) is 9.59 Å². The van der Waals surface area contributed by atoms with Crippen molar-refractivity contribution in [2.24, 2.45) is 0 Å². The normalized spacial score (nSPS) is 12.3. The quantitative estimate of drug-likeness (QED) is 0.923. The summed E-state index contributed by atoms with van der Waals surface area (Å²) in [6.07, 6.45) is 3.62. The Bertz CT molecular complexity index is 709. The Morgan fingerprint density at radius 3 is 2.86 bits per heavy atom. The van der Waals surface area contributed by atoms with Gasteiger partial charge in [-0.2, -0.15) is 0 Å². The molecule has 1 atom stereocenters. The van der Waals surface area contributed by atoms with Crippen molar-refractivity contribution in [2.45, 2.75) is 39.3 Å². The number of nitrogens with one attached hydrogen (secondary N) is 1. The number of carbonyl (C=O) groups excluding carboxylic acids is 1. The molecule has 0 aliphatic rings. The monoisotopic (exact) mass is 306 g/mol. The van der Waals surface area contributed by atoms with Crippen molar-refractivity contribution in [3.8, 4) is 0 Å². The van der Waals surface area contributed by atoms with E-state index in [1.165, 1.54) is 6.07 Å². The molecule has 1 aromatic heterocycles. The zero-order valence-corrected chi connectivity index (χ0v) is 13.0.